The Kier molecular flexibility index (Phi) is 6.05. The summed E-state index contributed by atoms with van der Waals surface area (Å²) in [4.78, 5) is 35.9. The summed E-state index contributed by atoms with van der Waals surface area (Å²) in [6.45, 7) is 9.89. The molecule has 0 amide bonds. The molecule has 5 nitrogen and oxygen atoms in total. The molecule has 0 saturated heterocycles. The van der Waals surface area contributed by atoms with Crippen LogP contribution in [0.25, 0.3) is 0 Å². The Hall–Kier alpha value is -1.95. The lowest BCUT2D eigenvalue weighted by Gasteiger charge is -2.22. The van der Waals surface area contributed by atoms with Crippen molar-refractivity contribution in [3.05, 3.63) is 28.8 Å². The quantitative estimate of drug-likeness (QED) is 0.457. The molecular formula is C16H22O5Si. The minimum absolute atomic E-state index is 0.00947. The number of hydrogen-bond donors (Lipinski definition) is 0. The molecule has 0 saturated carbocycles. The molecule has 22 heavy (non-hydrogen) atoms. The van der Waals surface area contributed by atoms with Gasteiger partial charge in [-0.1, -0.05) is 31.8 Å². The summed E-state index contributed by atoms with van der Waals surface area (Å²) in [7, 11) is -1.93. The minimum Gasteiger partial charge on any atom is -0.462 e. The molecule has 0 aromatic heterocycles. The Morgan fingerprint density at radius 3 is 1.91 bits per heavy atom. The highest BCUT2D eigenvalue weighted by molar-refractivity contribution is 6.89. The van der Waals surface area contributed by atoms with Gasteiger partial charge in [-0.15, -0.1) is 0 Å². The molecule has 0 heterocycles. The predicted molar refractivity (Wildman–Crippen MR) is 86.7 cm³/mol. The highest BCUT2D eigenvalue weighted by atomic mass is 28.3. The lowest BCUT2D eigenvalue weighted by molar-refractivity contribution is 0.0479. The first-order valence-corrected chi connectivity index (χ1v) is 10.7. The third-order valence-corrected chi connectivity index (χ3v) is 5.16. The molecule has 0 bridgehead atoms. The molecule has 0 spiro atoms. The average Bonchev–Trinajstić information content (AvgIpc) is 2.45. The van der Waals surface area contributed by atoms with Crippen LogP contribution in [-0.2, 0) is 9.47 Å². The van der Waals surface area contributed by atoms with Gasteiger partial charge in [-0.2, -0.15) is 0 Å². The standard InChI is InChI=1S/C16H22O5Si/c1-6-20-15(18)13-11(10-17)8-9-12(22(3,4)5)14(13)16(19)21-7-2/h8-10H,6-7H2,1-5H3. The molecule has 0 radical (unpaired) electrons. The van der Waals surface area contributed by atoms with Crippen molar-refractivity contribution < 1.29 is 23.9 Å². The van der Waals surface area contributed by atoms with Gasteiger partial charge in [0, 0.05) is 5.56 Å². The Balaban J connectivity index is 3.70. The van der Waals surface area contributed by atoms with Gasteiger partial charge in [-0.25, -0.2) is 9.59 Å². The van der Waals surface area contributed by atoms with Crippen LogP contribution in [0, 0.1) is 0 Å². The van der Waals surface area contributed by atoms with Crippen LogP contribution >= 0.6 is 0 Å². The second-order valence-corrected chi connectivity index (χ2v) is 10.8. The van der Waals surface area contributed by atoms with Gasteiger partial charge < -0.3 is 9.47 Å². The molecule has 1 rings (SSSR count). The summed E-state index contributed by atoms with van der Waals surface area (Å²) in [5.74, 6) is -1.26. The van der Waals surface area contributed by atoms with Crippen molar-refractivity contribution >= 4 is 31.5 Å². The Morgan fingerprint density at radius 2 is 1.50 bits per heavy atom. The van der Waals surface area contributed by atoms with Gasteiger partial charge in [-0.05, 0) is 19.0 Å². The van der Waals surface area contributed by atoms with Crippen LogP contribution in [0.15, 0.2) is 12.1 Å². The van der Waals surface area contributed by atoms with E-state index in [0.29, 0.717) is 6.29 Å². The maximum Gasteiger partial charge on any atom is 0.339 e. The number of hydrogen-bond acceptors (Lipinski definition) is 5. The second-order valence-electron chi connectivity index (χ2n) is 5.76. The van der Waals surface area contributed by atoms with Crippen molar-refractivity contribution in [3.8, 4) is 0 Å². The van der Waals surface area contributed by atoms with E-state index in [2.05, 4.69) is 19.6 Å². The lowest BCUT2D eigenvalue weighted by atomic mass is 10.0. The van der Waals surface area contributed by atoms with Gasteiger partial charge in [0.15, 0.2) is 6.29 Å². The number of carbonyl (C=O) groups is 3. The lowest BCUT2D eigenvalue weighted by Crippen LogP contribution is -2.43. The highest BCUT2D eigenvalue weighted by Crippen LogP contribution is 2.19. The van der Waals surface area contributed by atoms with Crippen LogP contribution in [0.4, 0.5) is 0 Å². The Labute approximate surface area is 131 Å². The SMILES string of the molecule is CCOC(=O)c1c(C=O)ccc([Si](C)(C)C)c1C(=O)OCC. The van der Waals surface area contributed by atoms with Gasteiger partial charge in [0.05, 0.1) is 32.4 Å². The van der Waals surface area contributed by atoms with Crippen LogP contribution in [0.2, 0.25) is 19.6 Å². The molecule has 0 aliphatic carbocycles. The zero-order chi connectivity index (χ0) is 16.9. The fraction of sp³-hybridized carbons (Fsp3) is 0.438. The van der Waals surface area contributed by atoms with Gasteiger partial charge >= 0.3 is 11.9 Å². The minimum atomic E-state index is -1.93. The third-order valence-electron chi connectivity index (χ3n) is 3.13. The molecule has 0 atom stereocenters. The van der Waals surface area contributed by atoms with Gasteiger partial charge in [0.2, 0.25) is 0 Å². The fourth-order valence-corrected chi connectivity index (χ4v) is 3.74. The van der Waals surface area contributed by atoms with E-state index in [9.17, 15) is 14.4 Å². The highest BCUT2D eigenvalue weighted by Gasteiger charge is 2.31. The van der Waals surface area contributed by atoms with Crippen LogP contribution in [-0.4, -0.2) is 39.5 Å². The monoisotopic (exact) mass is 322 g/mol. The van der Waals surface area contributed by atoms with E-state index in [4.69, 9.17) is 9.47 Å². The average molecular weight is 322 g/mol. The Morgan fingerprint density at radius 1 is 1.00 bits per heavy atom. The van der Waals surface area contributed by atoms with Gasteiger partial charge in [0.25, 0.3) is 0 Å². The summed E-state index contributed by atoms with van der Waals surface area (Å²) < 4.78 is 10.1. The maximum absolute atomic E-state index is 12.4. The molecule has 1 aromatic carbocycles. The molecule has 0 unspecified atom stereocenters. The van der Waals surface area contributed by atoms with Crippen LogP contribution in [0.5, 0.6) is 0 Å². The third kappa shape index (κ3) is 3.82. The number of ether oxygens (including phenoxy) is 2. The Bertz CT molecular complexity index is 587. The molecule has 120 valence electrons. The van der Waals surface area contributed by atoms with Crippen molar-refractivity contribution in [2.45, 2.75) is 33.5 Å². The summed E-state index contributed by atoms with van der Waals surface area (Å²) in [5.41, 5.74) is 0.322. The first-order chi connectivity index (χ1) is 10.3. The summed E-state index contributed by atoms with van der Waals surface area (Å²) in [5, 5.41) is 0.777. The van der Waals surface area contributed by atoms with Crippen molar-refractivity contribution in [2.75, 3.05) is 13.2 Å². The second kappa shape index (κ2) is 7.35. The van der Waals surface area contributed by atoms with E-state index in [-0.39, 0.29) is 29.9 Å². The zero-order valence-electron chi connectivity index (χ0n) is 13.7. The van der Waals surface area contributed by atoms with Crippen LogP contribution < -0.4 is 5.19 Å². The largest absolute Gasteiger partial charge is 0.462 e. The normalized spacial score (nSPS) is 11.0. The first-order valence-electron chi connectivity index (χ1n) is 7.24. The molecule has 6 heteroatoms. The fourth-order valence-electron chi connectivity index (χ4n) is 2.18. The smallest absolute Gasteiger partial charge is 0.339 e. The maximum atomic E-state index is 12.4. The zero-order valence-corrected chi connectivity index (χ0v) is 14.7. The topological polar surface area (TPSA) is 69.7 Å². The van der Waals surface area contributed by atoms with Crippen LogP contribution in [0.3, 0.4) is 0 Å². The van der Waals surface area contributed by atoms with Crippen molar-refractivity contribution in [3.63, 3.8) is 0 Å². The number of carbonyl (C=O) groups excluding carboxylic acids is 3. The molecule has 1 aromatic rings. The van der Waals surface area contributed by atoms with E-state index in [1.807, 2.05) is 0 Å². The van der Waals surface area contributed by atoms with Crippen molar-refractivity contribution in [2.24, 2.45) is 0 Å². The van der Waals surface area contributed by atoms with Crippen molar-refractivity contribution in [1.82, 2.24) is 0 Å². The van der Waals surface area contributed by atoms with E-state index in [1.54, 1.807) is 26.0 Å². The van der Waals surface area contributed by atoms with Gasteiger partial charge in [0.1, 0.15) is 0 Å². The molecule has 0 aliphatic rings. The van der Waals surface area contributed by atoms with Crippen LogP contribution in [0.1, 0.15) is 44.9 Å². The number of rotatable bonds is 6. The predicted octanol–water partition coefficient (Wildman–Crippen LogP) is 2.40. The van der Waals surface area contributed by atoms with E-state index in [0.717, 1.165) is 5.19 Å². The number of benzene rings is 1. The summed E-state index contributed by atoms with van der Waals surface area (Å²) >= 11 is 0. The molecule has 0 aliphatic heterocycles. The van der Waals surface area contributed by atoms with Crippen molar-refractivity contribution in [1.29, 1.82) is 0 Å². The summed E-state index contributed by atoms with van der Waals surface area (Å²) in [6, 6.07) is 3.31. The van der Waals surface area contributed by atoms with E-state index < -0.39 is 20.0 Å². The first kappa shape index (κ1) is 18.1. The van der Waals surface area contributed by atoms with E-state index >= 15 is 0 Å². The molecular weight excluding hydrogens is 300 g/mol. The summed E-state index contributed by atoms with van der Waals surface area (Å²) in [6.07, 6.45) is 0.559. The number of esters is 2. The molecule has 0 fully saturated rings. The van der Waals surface area contributed by atoms with E-state index in [1.165, 1.54) is 0 Å². The van der Waals surface area contributed by atoms with Gasteiger partial charge in [-0.3, -0.25) is 4.79 Å². The number of aldehydes is 1. The molecule has 0 N–H and O–H groups in total.